The van der Waals surface area contributed by atoms with Gasteiger partial charge in [0.25, 0.3) is 0 Å². The molecular weight excluding hydrogens is 502 g/mol. The molecule has 0 bridgehead atoms. The summed E-state index contributed by atoms with van der Waals surface area (Å²) in [6, 6.07) is 0.362. The first-order valence-electron chi connectivity index (χ1n) is 12.1. The quantitative estimate of drug-likeness (QED) is 0.0995. The highest BCUT2D eigenvalue weighted by Gasteiger charge is 2.31. The first-order valence-corrected chi connectivity index (χ1v) is 12.1. The Hall–Kier alpha value is -3.75. The summed E-state index contributed by atoms with van der Waals surface area (Å²) in [6.45, 7) is 1.63. The molecule has 0 aliphatic rings. The van der Waals surface area contributed by atoms with Crippen LogP contribution in [-0.2, 0) is 30.4 Å². The van der Waals surface area contributed by atoms with Gasteiger partial charge in [0.05, 0.1) is 6.10 Å². The van der Waals surface area contributed by atoms with Gasteiger partial charge in [0.15, 0.2) is 0 Å². The number of rotatable bonds is 17. The van der Waals surface area contributed by atoms with Crippen LogP contribution in [0.2, 0.25) is 0 Å². The van der Waals surface area contributed by atoms with Gasteiger partial charge in [0.2, 0.25) is 17.7 Å². The molecule has 5 atom stereocenters. The molecule has 14 heteroatoms. The zero-order chi connectivity index (χ0) is 28.8. The minimum atomic E-state index is -1.43. The van der Waals surface area contributed by atoms with Crippen LogP contribution < -0.4 is 27.4 Å². The van der Waals surface area contributed by atoms with Gasteiger partial charge < -0.3 is 47.8 Å². The lowest BCUT2D eigenvalue weighted by Gasteiger charge is -2.25. The number of carboxylic acid groups (broad SMARTS) is 2. The number of aliphatic carboxylic acids is 2. The van der Waals surface area contributed by atoms with Crippen molar-refractivity contribution < 1.29 is 44.4 Å². The molecule has 3 amide bonds. The second-order valence-corrected chi connectivity index (χ2v) is 8.88. The van der Waals surface area contributed by atoms with Crippen LogP contribution in [0.5, 0.6) is 5.75 Å². The molecule has 0 spiro atoms. The number of phenolic OH excluding ortho intramolecular Hbond substituents is 1. The first-order chi connectivity index (χ1) is 17.8. The van der Waals surface area contributed by atoms with Crippen LogP contribution in [0, 0.1) is 0 Å². The molecule has 0 radical (unpaired) electrons. The zero-order valence-corrected chi connectivity index (χ0v) is 21.1. The molecule has 1 aromatic carbocycles. The van der Waals surface area contributed by atoms with Gasteiger partial charge >= 0.3 is 11.9 Å². The van der Waals surface area contributed by atoms with Gasteiger partial charge in [-0.1, -0.05) is 12.1 Å². The number of amides is 3. The molecule has 1 rings (SSSR count). The van der Waals surface area contributed by atoms with Crippen molar-refractivity contribution in [1.82, 2.24) is 16.0 Å². The van der Waals surface area contributed by atoms with Crippen molar-refractivity contribution in [3.05, 3.63) is 29.8 Å². The maximum atomic E-state index is 13.2. The number of carbonyl (C=O) groups excluding carboxylic acids is 3. The number of unbranched alkanes of at least 4 members (excludes halogenated alkanes) is 1. The fraction of sp³-hybridized carbons (Fsp3) is 0.542. The lowest BCUT2D eigenvalue weighted by molar-refractivity contribution is -0.143. The maximum absolute atomic E-state index is 13.2. The van der Waals surface area contributed by atoms with Gasteiger partial charge in [-0.3, -0.25) is 19.2 Å². The Morgan fingerprint density at radius 3 is 1.92 bits per heavy atom. The highest BCUT2D eigenvalue weighted by molar-refractivity contribution is 5.94. The molecule has 0 saturated carbocycles. The highest BCUT2D eigenvalue weighted by atomic mass is 16.4. The topological polar surface area (TPSA) is 254 Å². The highest BCUT2D eigenvalue weighted by Crippen LogP contribution is 2.12. The molecule has 14 nitrogen and oxygen atoms in total. The van der Waals surface area contributed by atoms with Crippen molar-refractivity contribution in [2.75, 3.05) is 6.54 Å². The van der Waals surface area contributed by atoms with E-state index in [2.05, 4.69) is 16.0 Å². The van der Waals surface area contributed by atoms with E-state index in [9.17, 15) is 39.3 Å². The number of aliphatic hydroxyl groups excluding tert-OH is 1. The van der Waals surface area contributed by atoms with Crippen molar-refractivity contribution in [3.63, 3.8) is 0 Å². The van der Waals surface area contributed by atoms with E-state index in [-0.39, 0.29) is 25.0 Å². The fourth-order valence-electron chi connectivity index (χ4n) is 3.40. The van der Waals surface area contributed by atoms with Crippen molar-refractivity contribution in [2.24, 2.45) is 11.5 Å². The molecule has 0 fully saturated rings. The second-order valence-electron chi connectivity index (χ2n) is 8.88. The predicted molar refractivity (Wildman–Crippen MR) is 135 cm³/mol. The smallest absolute Gasteiger partial charge is 0.326 e. The van der Waals surface area contributed by atoms with Crippen LogP contribution in [0.4, 0.5) is 0 Å². The number of nitrogens with two attached hydrogens (primary N) is 2. The first kappa shape index (κ1) is 32.3. The minimum Gasteiger partial charge on any atom is -0.508 e. The summed E-state index contributed by atoms with van der Waals surface area (Å²) in [5.41, 5.74) is 11.6. The Kier molecular flexibility index (Phi) is 13.7. The number of hydrogen-bond acceptors (Lipinski definition) is 9. The number of hydrogen-bond donors (Lipinski definition) is 9. The lowest BCUT2D eigenvalue weighted by Crippen LogP contribution is -2.58. The Labute approximate surface area is 219 Å². The number of aromatic hydroxyl groups is 1. The van der Waals surface area contributed by atoms with Gasteiger partial charge in [-0.05, 0) is 56.8 Å². The lowest BCUT2D eigenvalue weighted by atomic mass is 10.0. The predicted octanol–water partition coefficient (Wildman–Crippen LogP) is -1.82. The number of carboxylic acids is 2. The zero-order valence-electron chi connectivity index (χ0n) is 21.1. The number of benzene rings is 1. The molecule has 1 aromatic rings. The van der Waals surface area contributed by atoms with Gasteiger partial charge in [-0.2, -0.15) is 0 Å². The number of carbonyl (C=O) groups is 5. The SMILES string of the molecule is CC(O)C(N)C(=O)NC(Cc1ccc(O)cc1)C(=O)NC(CCC(=O)O)C(=O)NC(CCCCN)C(=O)O. The van der Waals surface area contributed by atoms with E-state index in [0.29, 0.717) is 24.9 Å². The van der Waals surface area contributed by atoms with E-state index in [1.807, 2.05) is 0 Å². The van der Waals surface area contributed by atoms with E-state index in [1.165, 1.54) is 31.2 Å². The molecular formula is C24H37N5O9. The van der Waals surface area contributed by atoms with Crippen LogP contribution >= 0.6 is 0 Å². The van der Waals surface area contributed by atoms with E-state index < -0.39 is 66.4 Å². The second kappa shape index (κ2) is 16.2. The van der Waals surface area contributed by atoms with E-state index in [0.717, 1.165) is 0 Å². The van der Waals surface area contributed by atoms with Crippen LogP contribution in [0.15, 0.2) is 24.3 Å². The number of phenols is 1. The van der Waals surface area contributed by atoms with Gasteiger partial charge in [-0.25, -0.2) is 4.79 Å². The Morgan fingerprint density at radius 1 is 0.842 bits per heavy atom. The third-order valence-electron chi connectivity index (χ3n) is 5.67. The Bertz CT molecular complexity index is 955. The summed E-state index contributed by atoms with van der Waals surface area (Å²) in [5, 5.41) is 44.8. The summed E-state index contributed by atoms with van der Waals surface area (Å²) in [6.07, 6.45) is -1.16. The molecule has 5 unspecified atom stereocenters. The summed E-state index contributed by atoms with van der Waals surface area (Å²) in [5.74, 6) is -5.20. The standard InChI is InChI=1S/C24H37N5O9/c1-13(30)20(26)23(36)29-18(12-14-5-7-15(31)8-6-14)22(35)27-16(9-10-19(32)33)21(34)28-17(24(37)38)4-2-3-11-25/h5-8,13,16-18,20,30-31H,2-4,9-12,25-26H2,1H3,(H,27,35)(H,28,34)(H,29,36)(H,32,33)(H,37,38). The summed E-state index contributed by atoms with van der Waals surface area (Å²) in [7, 11) is 0. The average molecular weight is 540 g/mol. The van der Waals surface area contributed by atoms with Crippen molar-refractivity contribution in [1.29, 1.82) is 0 Å². The third kappa shape index (κ3) is 11.5. The summed E-state index contributed by atoms with van der Waals surface area (Å²) >= 11 is 0. The Morgan fingerprint density at radius 2 is 1.39 bits per heavy atom. The summed E-state index contributed by atoms with van der Waals surface area (Å²) in [4.78, 5) is 61.3. The van der Waals surface area contributed by atoms with Crippen molar-refractivity contribution >= 4 is 29.7 Å². The van der Waals surface area contributed by atoms with Crippen LogP contribution in [0.1, 0.15) is 44.6 Å². The Balaban J connectivity index is 3.14. The molecule has 0 aromatic heterocycles. The van der Waals surface area contributed by atoms with E-state index in [1.54, 1.807) is 0 Å². The number of nitrogens with one attached hydrogen (secondary N) is 3. The molecule has 0 heterocycles. The minimum absolute atomic E-state index is 0.0280. The molecule has 0 saturated heterocycles. The molecule has 0 aliphatic carbocycles. The van der Waals surface area contributed by atoms with Crippen molar-refractivity contribution in [2.45, 2.75) is 75.7 Å². The van der Waals surface area contributed by atoms with Crippen LogP contribution in [0.3, 0.4) is 0 Å². The molecule has 11 N–H and O–H groups in total. The van der Waals surface area contributed by atoms with Gasteiger partial charge in [-0.15, -0.1) is 0 Å². The monoisotopic (exact) mass is 539 g/mol. The molecule has 0 aliphatic heterocycles. The van der Waals surface area contributed by atoms with Crippen LogP contribution in [0.25, 0.3) is 0 Å². The van der Waals surface area contributed by atoms with Gasteiger partial charge in [0, 0.05) is 12.8 Å². The average Bonchev–Trinajstić information content (AvgIpc) is 2.85. The van der Waals surface area contributed by atoms with Gasteiger partial charge in [0.1, 0.15) is 29.9 Å². The van der Waals surface area contributed by atoms with Crippen LogP contribution in [-0.4, -0.2) is 86.9 Å². The largest absolute Gasteiger partial charge is 0.508 e. The molecule has 38 heavy (non-hydrogen) atoms. The summed E-state index contributed by atoms with van der Waals surface area (Å²) < 4.78 is 0. The molecule has 212 valence electrons. The van der Waals surface area contributed by atoms with E-state index in [4.69, 9.17) is 16.6 Å². The third-order valence-corrected chi connectivity index (χ3v) is 5.67. The normalized spacial score (nSPS) is 14.8. The van der Waals surface area contributed by atoms with Crippen molar-refractivity contribution in [3.8, 4) is 5.75 Å². The maximum Gasteiger partial charge on any atom is 0.326 e. The number of aliphatic hydroxyl groups is 1. The van der Waals surface area contributed by atoms with E-state index >= 15 is 0 Å². The fourth-order valence-corrected chi connectivity index (χ4v) is 3.40.